The molecule has 0 aliphatic heterocycles. The van der Waals surface area contributed by atoms with E-state index in [-0.39, 0.29) is 0 Å². The Morgan fingerprint density at radius 2 is 1.92 bits per heavy atom. The van der Waals surface area contributed by atoms with Gasteiger partial charge in [-0.2, -0.15) is 0 Å². The zero-order valence-electron chi connectivity index (χ0n) is 9.43. The molecule has 0 rings (SSSR count). The molecule has 0 heterocycles. The van der Waals surface area contributed by atoms with Gasteiger partial charge in [0.2, 0.25) is 0 Å². The molecular formula is C10H25NSi. The molecule has 12 heavy (non-hydrogen) atoms. The van der Waals surface area contributed by atoms with Crippen molar-refractivity contribution in [3.05, 3.63) is 0 Å². The topological polar surface area (TPSA) is 3.24 Å². The Morgan fingerprint density at radius 3 is 2.33 bits per heavy atom. The van der Waals surface area contributed by atoms with Crippen LogP contribution < -0.4 is 0 Å². The SMILES string of the molecule is CCCCN(C)C(C)C([SiH3])CC. The number of unbranched alkanes of at least 4 members (excludes halogenated alkanes) is 1. The van der Waals surface area contributed by atoms with E-state index in [0.29, 0.717) is 0 Å². The minimum Gasteiger partial charge on any atom is -0.304 e. The van der Waals surface area contributed by atoms with E-state index in [2.05, 4.69) is 32.7 Å². The van der Waals surface area contributed by atoms with E-state index in [1.807, 2.05) is 0 Å². The average molecular weight is 187 g/mol. The van der Waals surface area contributed by atoms with Crippen molar-refractivity contribution in [3.8, 4) is 0 Å². The molecule has 2 heteroatoms. The molecule has 0 radical (unpaired) electrons. The highest BCUT2D eigenvalue weighted by molar-refractivity contribution is 6.12. The molecule has 0 aromatic heterocycles. The van der Waals surface area contributed by atoms with Gasteiger partial charge in [0.1, 0.15) is 0 Å². The van der Waals surface area contributed by atoms with Gasteiger partial charge in [-0.3, -0.25) is 0 Å². The van der Waals surface area contributed by atoms with Crippen molar-refractivity contribution >= 4 is 10.2 Å². The number of hydrogen-bond acceptors (Lipinski definition) is 1. The second-order valence-electron chi connectivity index (χ2n) is 3.96. The van der Waals surface area contributed by atoms with Crippen LogP contribution in [0.25, 0.3) is 0 Å². The summed E-state index contributed by atoms with van der Waals surface area (Å²) in [7, 11) is 3.60. The number of rotatable bonds is 6. The Labute approximate surface area is 81.0 Å². The molecule has 2 atom stereocenters. The van der Waals surface area contributed by atoms with Crippen LogP contribution in [0.4, 0.5) is 0 Å². The lowest BCUT2D eigenvalue weighted by molar-refractivity contribution is 0.242. The van der Waals surface area contributed by atoms with Crippen LogP contribution in [0.1, 0.15) is 40.0 Å². The predicted octanol–water partition coefficient (Wildman–Crippen LogP) is 1.67. The molecule has 0 aliphatic rings. The molecule has 2 unspecified atom stereocenters. The van der Waals surface area contributed by atoms with Crippen molar-refractivity contribution in [2.24, 2.45) is 0 Å². The standard InChI is InChI=1S/C10H25NSi/c1-5-7-8-11(4)9(3)10(12)6-2/h9-10H,5-8H2,1-4,12H3. The Balaban J connectivity index is 3.67. The van der Waals surface area contributed by atoms with Crippen LogP contribution in [0.3, 0.4) is 0 Å². The summed E-state index contributed by atoms with van der Waals surface area (Å²) in [6.45, 7) is 8.21. The second-order valence-corrected chi connectivity index (χ2v) is 5.44. The highest BCUT2D eigenvalue weighted by Crippen LogP contribution is 2.15. The van der Waals surface area contributed by atoms with Crippen molar-refractivity contribution < 1.29 is 0 Å². The van der Waals surface area contributed by atoms with Crippen LogP contribution in [0, 0.1) is 0 Å². The fraction of sp³-hybridized carbons (Fsp3) is 1.00. The first-order valence-electron chi connectivity index (χ1n) is 5.33. The van der Waals surface area contributed by atoms with E-state index in [9.17, 15) is 0 Å². The Bertz CT molecular complexity index is 106. The average Bonchev–Trinajstić information content (AvgIpc) is 2.11. The predicted molar refractivity (Wildman–Crippen MR) is 61.0 cm³/mol. The lowest BCUT2D eigenvalue weighted by Gasteiger charge is -2.29. The highest BCUT2D eigenvalue weighted by Gasteiger charge is 2.13. The van der Waals surface area contributed by atoms with Crippen molar-refractivity contribution in [1.29, 1.82) is 0 Å². The normalized spacial score (nSPS) is 16.8. The van der Waals surface area contributed by atoms with Crippen LogP contribution in [0.5, 0.6) is 0 Å². The molecule has 0 bridgehead atoms. The third kappa shape index (κ3) is 4.26. The summed E-state index contributed by atoms with van der Waals surface area (Å²) < 4.78 is 0. The van der Waals surface area contributed by atoms with Crippen LogP contribution in [-0.2, 0) is 0 Å². The zero-order chi connectivity index (χ0) is 9.56. The van der Waals surface area contributed by atoms with Gasteiger partial charge in [-0.05, 0) is 32.5 Å². The number of hydrogen-bond donors (Lipinski definition) is 0. The fourth-order valence-electron chi connectivity index (χ4n) is 1.39. The monoisotopic (exact) mass is 187 g/mol. The first-order valence-corrected chi connectivity index (χ1v) is 6.49. The molecule has 74 valence electrons. The summed E-state index contributed by atoms with van der Waals surface area (Å²) in [5, 5.41) is 0. The molecule has 1 nitrogen and oxygen atoms in total. The molecule has 0 aromatic carbocycles. The molecule has 0 spiro atoms. The quantitative estimate of drug-likeness (QED) is 0.572. The largest absolute Gasteiger partial charge is 0.304 e. The van der Waals surface area contributed by atoms with Gasteiger partial charge in [-0.1, -0.05) is 26.7 Å². The number of nitrogens with zero attached hydrogens (tertiary/aromatic N) is 1. The summed E-state index contributed by atoms with van der Waals surface area (Å²) >= 11 is 0. The van der Waals surface area contributed by atoms with E-state index in [1.165, 1.54) is 36.0 Å². The van der Waals surface area contributed by atoms with E-state index in [1.54, 1.807) is 0 Å². The van der Waals surface area contributed by atoms with E-state index in [4.69, 9.17) is 0 Å². The first kappa shape index (κ1) is 12.2. The molecule has 0 fully saturated rings. The highest BCUT2D eigenvalue weighted by atomic mass is 28.1. The van der Waals surface area contributed by atoms with Crippen molar-refractivity contribution in [3.63, 3.8) is 0 Å². The van der Waals surface area contributed by atoms with E-state index in [0.717, 1.165) is 11.6 Å². The van der Waals surface area contributed by atoms with Crippen molar-refractivity contribution in [2.75, 3.05) is 13.6 Å². The molecule has 0 aromatic rings. The van der Waals surface area contributed by atoms with Gasteiger partial charge in [0.05, 0.1) is 0 Å². The van der Waals surface area contributed by atoms with Gasteiger partial charge in [-0.25, -0.2) is 0 Å². The molecule has 0 saturated heterocycles. The molecular weight excluding hydrogens is 162 g/mol. The van der Waals surface area contributed by atoms with Gasteiger partial charge in [0.25, 0.3) is 0 Å². The van der Waals surface area contributed by atoms with Crippen LogP contribution in [0.15, 0.2) is 0 Å². The molecule has 0 aliphatic carbocycles. The van der Waals surface area contributed by atoms with Crippen molar-refractivity contribution in [1.82, 2.24) is 4.90 Å². The first-order chi connectivity index (χ1) is 5.63. The minimum atomic E-state index is 0.799. The third-order valence-electron chi connectivity index (χ3n) is 3.03. The third-order valence-corrected chi connectivity index (χ3v) is 4.81. The minimum absolute atomic E-state index is 0.799. The summed E-state index contributed by atoms with van der Waals surface area (Å²) in [6, 6.07) is 0.799. The summed E-state index contributed by atoms with van der Waals surface area (Å²) in [5.74, 6) is 0. The maximum absolute atomic E-state index is 2.52. The Morgan fingerprint density at radius 1 is 1.33 bits per heavy atom. The summed E-state index contributed by atoms with van der Waals surface area (Å²) in [6.07, 6.45) is 4.01. The smallest absolute Gasteiger partial charge is 0.00869 e. The Hall–Kier alpha value is 0.177. The molecule has 0 N–H and O–H groups in total. The van der Waals surface area contributed by atoms with Crippen molar-refractivity contribution in [2.45, 2.75) is 51.6 Å². The second kappa shape index (κ2) is 6.67. The van der Waals surface area contributed by atoms with Crippen LogP contribution in [0.2, 0.25) is 5.54 Å². The van der Waals surface area contributed by atoms with Crippen LogP contribution in [-0.4, -0.2) is 34.8 Å². The molecule has 0 saturated carbocycles. The lowest BCUT2D eigenvalue weighted by Crippen LogP contribution is -2.33. The van der Waals surface area contributed by atoms with Gasteiger partial charge in [0.15, 0.2) is 0 Å². The van der Waals surface area contributed by atoms with E-state index >= 15 is 0 Å². The maximum Gasteiger partial charge on any atom is 0.00869 e. The summed E-state index contributed by atoms with van der Waals surface area (Å²) in [4.78, 5) is 2.52. The van der Waals surface area contributed by atoms with Crippen LogP contribution >= 0.6 is 0 Å². The van der Waals surface area contributed by atoms with E-state index < -0.39 is 0 Å². The molecule has 0 amide bonds. The van der Waals surface area contributed by atoms with Gasteiger partial charge < -0.3 is 4.90 Å². The lowest BCUT2D eigenvalue weighted by atomic mass is 10.1. The fourth-order valence-corrected chi connectivity index (χ4v) is 1.90. The zero-order valence-corrected chi connectivity index (χ0v) is 11.4. The maximum atomic E-state index is 2.52. The summed E-state index contributed by atoms with van der Waals surface area (Å²) in [5.41, 5.74) is 0.965. The van der Waals surface area contributed by atoms with Gasteiger partial charge in [0, 0.05) is 16.3 Å². The Kier molecular flexibility index (Phi) is 6.77. The van der Waals surface area contributed by atoms with Gasteiger partial charge in [-0.15, -0.1) is 0 Å². The van der Waals surface area contributed by atoms with Gasteiger partial charge >= 0.3 is 0 Å².